The molecule has 2 amide bonds. The summed E-state index contributed by atoms with van der Waals surface area (Å²) >= 11 is 0. The minimum atomic E-state index is -0.358. The summed E-state index contributed by atoms with van der Waals surface area (Å²) in [6, 6.07) is 20.2. The molecule has 0 atom stereocenters. The molecule has 0 aliphatic rings. The maximum atomic E-state index is 12.4. The number of carbonyl (C=O) groups is 3. The molecule has 0 aliphatic heterocycles. The number of hydrogen-bond donors (Lipinski definition) is 2. The van der Waals surface area contributed by atoms with Crippen molar-refractivity contribution in [3.63, 3.8) is 0 Å². The number of anilines is 2. The number of benzene rings is 3. The highest BCUT2D eigenvalue weighted by Crippen LogP contribution is 2.17. The zero-order chi connectivity index (χ0) is 22.2. The minimum absolute atomic E-state index is 0.0778. The largest absolute Gasteiger partial charge is 0.497 e. The van der Waals surface area contributed by atoms with Gasteiger partial charge >= 0.3 is 0 Å². The van der Waals surface area contributed by atoms with Crippen LogP contribution in [0.2, 0.25) is 0 Å². The summed E-state index contributed by atoms with van der Waals surface area (Å²) in [7, 11) is 1.58. The number of amides is 2. The van der Waals surface area contributed by atoms with Crippen molar-refractivity contribution in [3.8, 4) is 11.5 Å². The Hall–Kier alpha value is -4.13. The molecule has 7 heteroatoms. The molecule has 0 spiro atoms. The Balaban J connectivity index is 1.52. The van der Waals surface area contributed by atoms with E-state index in [2.05, 4.69) is 10.6 Å². The normalized spacial score (nSPS) is 10.1. The monoisotopic (exact) mass is 418 g/mol. The van der Waals surface area contributed by atoms with Gasteiger partial charge in [-0.2, -0.15) is 0 Å². The van der Waals surface area contributed by atoms with E-state index in [-0.39, 0.29) is 24.2 Å². The van der Waals surface area contributed by atoms with E-state index >= 15 is 0 Å². The number of methoxy groups -OCH3 is 1. The van der Waals surface area contributed by atoms with Gasteiger partial charge in [-0.1, -0.05) is 12.1 Å². The first-order valence-electron chi connectivity index (χ1n) is 9.54. The van der Waals surface area contributed by atoms with Crippen molar-refractivity contribution in [2.24, 2.45) is 0 Å². The van der Waals surface area contributed by atoms with Gasteiger partial charge in [0.1, 0.15) is 11.5 Å². The molecular formula is C24H22N2O5. The third kappa shape index (κ3) is 6.17. The Morgan fingerprint density at radius 3 is 2.06 bits per heavy atom. The van der Waals surface area contributed by atoms with Crippen LogP contribution in [-0.4, -0.2) is 31.3 Å². The summed E-state index contributed by atoms with van der Waals surface area (Å²) in [5.74, 6) is 0.438. The van der Waals surface area contributed by atoms with Crippen LogP contribution < -0.4 is 20.1 Å². The summed E-state index contributed by atoms with van der Waals surface area (Å²) in [6.45, 7) is 1.26. The van der Waals surface area contributed by atoms with E-state index in [9.17, 15) is 14.4 Å². The second kappa shape index (κ2) is 10.1. The Kier molecular flexibility index (Phi) is 7.01. The van der Waals surface area contributed by atoms with Crippen LogP contribution in [0, 0.1) is 0 Å². The van der Waals surface area contributed by atoms with Gasteiger partial charge in [0.15, 0.2) is 12.4 Å². The Morgan fingerprint density at radius 1 is 0.774 bits per heavy atom. The first kappa shape index (κ1) is 21.6. The molecule has 0 aromatic heterocycles. The van der Waals surface area contributed by atoms with E-state index in [1.165, 1.54) is 6.92 Å². The SMILES string of the molecule is COc1ccc(NC(=O)c2ccc(NC(=O)COc3cccc(C(C)=O)c3)cc2)cc1. The maximum absolute atomic E-state index is 12.4. The van der Waals surface area contributed by atoms with Gasteiger partial charge in [0.25, 0.3) is 11.8 Å². The molecule has 0 radical (unpaired) electrons. The Labute approximate surface area is 180 Å². The number of rotatable bonds is 8. The molecule has 7 nitrogen and oxygen atoms in total. The molecule has 158 valence electrons. The molecule has 0 unspecified atom stereocenters. The highest BCUT2D eigenvalue weighted by molar-refractivity contribution is 6.04. The number of Topliss-reactive ketones (excluding diaryl/α,β-unsaturated/α-hetero) is 1. The number of ketones is 1. The van der Waals surface area contributed by atoms with Crippen molar-refractivity contribution in [1.82, 2.24) is 0 Å². The van der Waals surface area contributed by atoms with Crippen LogP contribution in [0.4, 0.5) is 11.4 Å². The molecular weight excluding hydrogens is 396 g/mol. The van der Waals surface area contributed by atoms with E-state index < -0.39 is 0 Å². The quantitative estimate of drug-likeness (QED) is 0.536. The molecule has 0 bridgehead atoms. The summed E-state index contributed by atoms with van der Waals surface area (Å²) < 4.78 is 10.5. The van der Waals surface area contributed by atoms with Crippen LogP contribution in [0.1, 0.15) is 27.6 Å². The van der Waals surface area contributed by atoms with Gasteiger partial charge in [0.2, 0.25) is 0 Å². The number of hydrogen-bond acceptors (Lipinski definition) is 5. The molecule has 0 saturated carbocycles. The standard InChI is InChI=1S/C24H22N2O5/c1-16(27)18-4-3-5-22(14-18)31-15-23(28)25-19-8-6-17(7-9-19)24(29)26-20-10-12-21(30-2)13-11-20/h3-14H,15H2,1-2H3,(H,25,28)(H,26,29). The molecule has 3 aromatic rings. The summed E-state index contributed by atoms with van der Waals surface area (Å²) in [5.41, 5.74) is 2.15. The fraction of sp³-hybridized carbons (Fsp3) is 0.125. The van der Waals surface area contributed by atoms with Gasteiger partial charge in [0.05, 0.1) is 7.11 Å². The van der Waals surface area contributed by atoms with Crippen molar-refractivity contribution in [3.05, 3.63) is 83.9 Å². The number of ether oxygens (including phenoxy) is 2. The van der Waals surface area contributed by atoms with E-state index in [0.29, 0.717) is 34.0 Å². The molecule has 2 N–H and O–H groups in total. The molecule has 0 heterocycles. The minimum Gasteiger partial charge on any atom is -0.497 e. The average Bonchev–Trinajstić information content (AvgIpc) is 2.79. The van der Waals surface area contributed by atoms with Crippen molar-refractivity contribution in [1.29, 1.82) is 0 Å². The van der Waals surface area contributed by atoms with Gasteiger partial charge in [-0.15, -0.1) is 0 Å². The summed E-state index contributed by atoms with van der Waals surface area (Å²) in [6.07, 6.45) is 0. The molecule has 3 rings (SSSR count). The van der Waals surface area contributed by atoms with Crippen molar-refractivity contribution >= 4 is 29.0 Å². The van der Waals surface area contributed by atoms with E-state index in [1.54, 1.807) is 79.9 Å². The fourth-order valence-electron chi connectivity index (χ4n) is 2.73. The second-order valence-electron chi connectivity index (χ2n) is 6.68. The Bertz CT molecular complexity index is 1080. The summed E-state index contributed by atoms with van der Waals surface area (Å²) in [5, 5.41) is 5.50. The molecule has 31 heavy (non-hydrogen) atoms. The first-order valence-corrected chi connectivity index (χ1v) is 9.54. The van der Waals surface area contributed by atoms with Gasteiger partial charge in [0, 0.05) is 22.5 Å². The maximum Gasteiger partial charge on any atom is 0.262 e. The summed E-state index contributed by atoms with van der Waals surface area (Å²) in [4.78, 5) is 35.9. The zero-order valence-electron chi connectivity index (χ0n) is 17.2. The van der Waals surface area contributed by atoms with E-state index in [1.807, 2.05) is 0 Å². The highest BCUT2D eigenvalue weighted by atomic mass is 16.5. The van der Waals surface area contributed by atoms with Crippen LogP contribution in [0.3, 0.4) is 0 Å². The molecule has 0 saturated heterocycles. The second-order valence-corrected chi connectivity index (χ2v) is 6.68. The lowest BCUT2D eigenvalue weighted by Crippen LogP contribution is -2.20. The van der Waals surface area contributed by atoms with Crippen LogP contribution in [0.5, 0.6) is 11.5 Å². The van der Waals surface area contributed by atoms with Gasteiger partial charge in [-0.3, -0.25) is 14.4 Å². The fourth-order valence-corrected chi connectivity index (χ4v) is 2.73. The van der Waals surface area contributed by atoms with Crippen molar-refractivity contribution in [2.45, 2.75) is 6.92 Å². The predicted octanol–water partition coefficient (Wildman–Crippen LogP) is 4.17. The smallest absolute Gasteiger partial charge is 0.262 e. The number of carbonyl (C=O) groups excluding carboxylic acids is 3. The van der Waals surface area contributed by atoms with Gasteiger partial charge in [-0.25, -0.2) is 0 Å². The first-order chi connectivity index (χ1) is 14.9. The van der Waals surface area contributed by atoms with Gasteiger partial charge < -0.3 is 20.1 Å². The topological polar surface area (TPSA) is 93.7 Å². The Morgan fingerprint density at radius 2 is 1.42 bits per heavy atom. The molecule has 3 aromatic carbocycles. The van der Waals surface area contributed by atoms with Gasteiger partial charge in [-0.05, 0) is 67.6 Å². The average molecular weight is 418 g/mol. The molecule has 0 fully saturated rings. The lowest BCUT2D eigenvalue weighted by molar-refractivity contribution is -0.118. The lowest BCUT2D eigenvalue weighted by atomic mass is 10.1. The van der Waals surface area contributed by atoms with Crippen LogP contribution in [-0.2, 0) is 4.79 Å². The highest BCUT2D eigenvalue weighted by Gasteiger charge is 2.09. The van der Waals surface area contributed by atoms with E-state index in [4.69, 9.17) is 9.47 Å². The van der Waals surface area contributed by atoms with E-state index in [0.717, 1.165) is 0 Å². The van der Waals surface area contributed by atoms with Crippen molar-refractivity contribution in [2.75, 3.05) is 24.4 Å². The third-order valence-electron chi connectivity index (χ3n) is 4.39. The van der Waals surface area contributed by atoms with Crippen LogP contribution in [0.15, 0.2) is 72.8 Å². The van der Waals surface area contributed by atoms with Crippen molar-refractivity contribution < 1.29 is 23.9 Å². The lowest BCUT2D eigenvalue weighted by Gasteiger charge is -2.09. The van der Waals surface area contributed by atoms with Crippen LogP contribution in [0.25, 0.3) is 0 Å². The predicted molar refractivity (Wildman–Crippen MR) is 118 cm³/mol. The third-order valence-corrected chi connectivity index (χ3v) is 4.39. The molecule has 0 aliphatic carbocycles. The van der Waals surface area contributed by atoms with Crippen LogP contribution >= 0.6 is 0 Å². The number of nitrogens with one attached hydrogen (secondary N) is 2. The zero-order valence-corrected chi connectivity index (χ0v) is 17.2.